The molecule has 0 aliphatic carbocycles. The van der Waals surface area contributed by atoms with Crippen LogP contribution in [0.3, 0.4) is 0 Å². The monoisotopic (exact) mass is 1140 g/mol. The van der Waals surface area contributed by atoms with E-state index in [1.54, 1.807) is 6.08 Å². The molecule has 0 fully saturated rings. The molecule has 0 aliphatic rings. The summed E-state index contributed by atoms with van der Waals surface area (Å²) in [5.41, 5.74) is 0. The first kappa shape index (κ1) is 77.4. The summed E-state index contributed by atoms with van der Waals surface area (Å²) in [7, 11) is 1.20. The van der Waals surface area contributed by atoms with Crippen LogP contribution in [0, 0.1) is 0 Å². The van der Waals surface area contributed by atoms with Gasteiger partial charge in [0.15, 0.2) is 0 Å². The average Bonchev–Trinajstić information content (AvgIpc) is 3.43. The van der Waals surface area contributed by atoms with Crippen LogP contribution >= 0.6 is 7.82 Å². The lowest BCUT2D eigenvalue weighted by atomic mass is 10.0. The summed E-state index contributed by atoms with van der Waals surface area (Å²) >= 11 is 0. The number of aliphatic hydroxyl groups is 1. The number of allylic oxidation sites excluding steroid dienone is 23. The van der Waals surface area contributed by atoms with E-state index in [1.807, 2.05) is 27.2 Å². The average molecular weight is 1140 g/mol. The molecule has 0 spiro atoms. The van der Waals surface area contributed by atoms with E-state index in [1.165, 1.54) is 128 Å². The highest BCUT2D eigenvalue weighted by atomic mass is 31.2. The molecule has 0 aromatic heterocycles. The maximum absolute atomic E-state index is 13.0. The molecule has 0 saturated carbocycles. The zero-order valence-corrected chi connectivity index (χ0v) is 53.6. The van der Waals surface area contributed by atoms with Crippen molar-refractivity contribution in [3.8, 4) is 0 Å². The minimum Gasteiger partial charge on any atom is -0.756 e. The van der Waals surface area contributed by atoms with Gasteiger partial charge in [-0.3, -0.25) is 9.36 Å². The summed E-state index contributed by atoms with van der Waals surface area (Å²) in [5, 5.41) is 13.9. The number of amides is 1. The first-order valence-electron chi connectivity index (χ1n) is 32.7. The number of unbranched alkanes of at least 4 members (excludes halogenated alkanes) is 23. The largest absolute Gasteiger partial charge is 0.756 e. The van der Waals surface area contributed by atoms with Gasteiger partial charge in [-0.1, -0.05) is 282 Å². The number of aliphatic hydroxyl groups excluding tert-OH is 1. The van der Waals surface area contributed by atoms with Crippen LogP contribution in [-0.4, -0.2) is 68.5 Å². The van der Waals surface area contributed by atoms with Crippen LogP contribution < -0.4 is 10.2 Å². The lowest BCUT2D eigenvalue weighted by Gasteiger charge is -2.29. The van der Waals surface area contributed by atoms with E-state index in [2.05, 4.69) is 153 Å². The summed E-state index contributed by atoms with van der Waals surface area (Å²) in [6.45, 7) is 4.48. The fourth-order valence-electron chi connectivity index (χ4n) is 8.73. The van der Waals surface area contributed by atoms with Gasteiger partial charge in [-0.15, -0.1) is 0 Å². The Hall–Kier alpha value is -3.62. The van der Waals surface area contributed by atoms with Crippen molar-refractivity contribution in [3.05, 3.63) is 146 Å². The fourth-order valence-corrected chi connectivity index (χ4v) is 9.45. The Morgan fingerprint density at radius 3 is 1.15 bits per heavy atom. The second kappa shape index (κ2) is 61.0. The van der Waals surface area contributed by atoms with Gasteiger partial charge in [0, 0.05) is 6.42 Å². The number of nitrogens with zero attached hydrogens (tertiary/aromatic N) is 1. The Kier molecular flexibility index (Phi) is 58.2. The van der Waals surface area contributed by atoms with Crippen LogP contribution in [0.15, 0.2) is 146 Å². The van der Waals surface area contributed by atoms with Gasteiger partial charge in [0.2, 0.25) is 5.91 Å². The fraction of sp³-hybridized carbons (Fsp3) is 0.653. The smallest absolute Gasteiger partial charge is 0.268 e. The van der Waals surface area contributed by atoms with E-state index >= 15 is 0 Å². The highest BCUT2D eigenvalue weighted by Gasteiger charge is 2.23. The number of phosphoric ester groups is 1. The van der Waals surface area contributed by atoms with Gasteiger partial charge in [0.25, 0.3) is 7.82 Å². The van der Waals surface area contributed by atoms with Gasteiger partial charge in [0.05, 0.1) is 39.9 Å². The van der Waals surface area contributed by atoms with Crippen LogP contribution in [0.1, 0.15) is 251 Å². The Morgan fingerprint density at radius 1 is 0.444 bits per heavy atom. The van der Waals surface area contributed by atoms with Crippen molar-refractivity contribution in [3.63, 3.8) is 0 Å². The molecule has 0 saturated heterocycles. The number of likely N-dealkylation sites (N-methyl/N-ethyl adjacent to an activating group) is 1. The summed E-state index contributed by atoms with van der Waals surface area (Å²) in [6.07, 6.45) is 93.9. The van der Waals surface area contributed by atoms with E-state index < -0.39 is 26.6 Å². The van der Waals surface area contributed by atoms with Crippen LogP contribution in [0.5, 0.6) is 0 Å². The highest BCUT2D eigenvalue weighted by Crippen LogP contribution is 2.38. The van der Waals surface area contributed by atoms with Crippen LogP contribution in [-0.2, 0) is 18.4 Å². The molecule has 81 heavy (non-hydrogen) atoms. The van der Waals surface area contributed by atoms with Crippen molar-refractivity contribution in [1.82, 2.24) is 5.32 Å². The summed E-state index contributed by atoms with van der Waals surface area (Å²) < 4.78 is 23.4. The van der Waals surface area contributed by atoms with Crippen molar-refractivity contribution in [2.75, 3.05) is 40.9 Å². The number of quaternary nitrogens is 1. The van der Waals surface area contributed by atoms with E-state index in [9.17, 15) is 19.4 Å². The molecule has 1 amide bonds. The molecule has 8 nitrogen and oxygen atoms in total. The Morgan fingerprint density at radius 2 is 0.765 bits per heavy atom. The lowest BCUT2D eigenvalue weighted by Crippen LogP contribution is -2.45. The number of carbonyl (C=O) groups excluding carboxylic acids is 1. The molecule has 0 aliphatic heterocycles. The van der Waals surface area contributed by atoms with Crippen molar-refractivity contribution in [2.24, 2.45) is 0 Å². The molecule has 0 radical (unpaired) electrons. The summed E-state index contributed by atoms with van der Waals surface area (Å²) in [4.78, 5) is 25.6. The highest BCUT2D eigenvalue weighted by molar-refractivity contribution is 7.45. The van der Waals surface area contributed by atoms with E-state index in [-0.39, 0.29) is 18.9 Å². The zero-order chi connectivity index (χ0) is 59.1. The molecule has 3 unspecified atom stereocenters. The normalized spacial score (nSPS) is 14.7. The predicted molar refractivity (Wildman–Crippen MR) is 352 cm³/mol. The maximum Gasteiger partial charge on any atom is 0.268 e. The third-order valence-corrected chi connectivity index (χ3v) is 14.7. The van der Waals surface area contributed by atoms with Gasteiger partial charge in [-0.2, -0.15) is 0 Å². The van der Waals surface area contributed by atoms with Crippen molar-refractivity contribution >= 4 is 13.7 Å². The number of phosphoric acid groups is 1. The van der Waals surface area contributed by atoms with Crippen LogP contribution in [0.2, 0.25) is 0 Å². The topological polar surface area (TPSA) is 108 Å². The molecule has 0 bridgehead atoms. The Bertz CT molecular complexity index is 1830. The minimum atomic E-state index is -4.63. The Balaban J connectivity index is 4.32. The lowest BCUT2D eigenvalue weighted by molar-refractivity contribution is -0.870. The number of hydrogen-bond donors (Lipinski definition) is 2. The molecule has 462 valence electrons. The SMILES string of the molecule is CC/C=C\C/C=C\C/C=C\C/C=C\C/C=C\C/C=C\C/C=C\C/C=C\C/C=C\C/C=C\CCCCC(=O)NC(COP(=O)([O-])OCC[N+](C)(C)C)C(O)/C=C/CC/C=C/CCCCCCCCCCCCCCCCCCCCCC. The molecule has 0 rings (SSSR count). The molecular formula is C72H123N2O6P. The molecule has 2 N–H and O–H groups in total. The quantitative estimate of drug-likeness (QED) is 0.0272. The second-order valence-corrected chi connectivity index (χ2v) is 24.1. The number of rotatable bonds is 58. The zero-order valence-electron chi connectivity index (χ0n) is 52.7. The summed E-state index contributed by atoms with van der Waals surface area (Å²) in [6, 6.07) is -0.940. The van der Waals surface area contributed by atoms with E-state index in [0.717, 1.165) is 96.3 Å². The first-order chi connectivity index (χ1) is 39.5. The summed E-state index contributed by atoms with van der Waals surface area (Å²) in [5.74, 6) is -0.254. The standard InChI is InChI=1S/C72H123N2O6P/c1-6-8-10-12-14-16-18-20-22-24-26-28-30-32-34-35-36-37-38-39-40-42-44-46-48-50-52-54-56-58-60-62-64-66-72(76)73-70(69-80-81(77,78)79-68-67-74(3,4)5)71(75)65-63-61-59-57-55-53-51-49-47-45-43-41-33-31-29-27-25-23-21-19-17-15-13-11-9-7-2/h8,10,14,16,20,22,26,28,32,34,36-37,39-40,44,46,50,52,55-58,63,65,70-71,75H,6-7,9,11-13,15,17-19,21,23-25,27,29-31,33,35,38,41-43,45,47-49,51,53-54,59-62,64,66-69H2,1-5H3,(H-,73,76,77,78)/b10-8-,16-14-,22-20-,28-26-,34-32-,37-36-,40-39-,46-44-,52-50-,57-55+,58-56-,65-63+. The second-order valence-electron chi connectivity index (χ2n) is 22.7. The van der Waals surface area contributed by atoms with Crippen LogP contribution in [0.4, 0.5) is 0 Å². The third-order valence-electron chi connectivity index (χ3n) is 13.8. The molecule has 3 atom stereocenters. The number of hydrogen-bond acceptors (Lipinski definition) is 6. The van der Waals surface area contributed by atoms with Crippen molar-refractivity contribution in [1.29, 1.82) is 0 Å². The van der Waals surface area contributed by atoms with E-state index in [0.29, 0.717) is 17.4 Å². The number of carbonyl (C=O) groups is 1. The van der Waals surface area contributed by atoms with Gasteiger partial charge >= 0.3 is 0 Å². The van der Waals surface area contributed by atoms with Crippen molar-refractivity contribution in [2.45, 2.75) is 264 Å². The van der Waals surface area contributed by atoms with Crippen LogP contribution in [0.25, 0.3) is 0 Å². The molecule has 0 aromatic rings. The third kappa shape index (κ3) is 63.8. The first-order valence-corrected chi connectivity index (χ1v) is 34.2. The molecule has 0 aromatic carbocycles. The Labute approximate surface area is 499 Å². The van der Waals surface area contributed by atoms with Crippen molar-refractivity contribution < 1.29 is 32.9 Å². The number of nitrogens with one attached hydrogen (secondary N) is 1. The van der Waals surface area contributed by atoms with Gasteiger partial charge in [0.1, 0.15) is 13.2 Å². The van der Waals surface area contributed by atoms with Gasteiger partial charge < -0.3 is 28.8 Å². The molecule has 0 heterocycles. The predicted octanol–water partition coefficient (Wildman–Crippen LogP) is 20.2. The van der Waals surface area contributed by atoms with Gasteiger partial charge in [-0.25, -0.2) is 0 Å². The van der Waals surface area contributed by atoms with Gasteiger partial charge in [-0.05, 0) is 109 Å². The minimum absolute atomic E-state index is 0.0231. The molecular weight excluding hydrogens is 1020 g/mol. The van der Waals surface area contributed by atoms with E-state index in [4.69, 9.17) is 9.05 Å². The molecule has 9 heteroatoms. The maximum atomic E-state index is 13.0.